The third-order valence-corrected chi connectivity index (χ3v) is 3.84. The summed E-state index contributed by atoms with van der Waals surface area (Å²) in [5, 5.41) is 6.60. The number of halogens is 1. The van der Waals surface area contributed by atoms with Crippen molar-refractivity contribution in [1.29, 1.82) is 0 Å². The summed E-state index contributed by atoms with van der Waals surface area (Å²) in [4.78, 5) is 23.0. The number of benzene rings is 1. The van der Waals surface area contributed by atoms with E-state index in [4.69, 9.17) is 4.52 Å². The van der Waals surface area contributed by atoms with Crippen LogP contribution in [-0.4, -0.2) is 22.2 Å². The van der Waals surface area contributed by atoms with Gasteiger partial charge >= 0.3 is 5.76 Å². The predicted octanol–water partition coefficient (Wildman–Crippen LogP) is 1.09. The molecule has 0 spiro atoms. The molecule has 1 fully saturated rings. The van der Waals surface area contributed by atoms with E-state index in [-0.39, 0.29) is 17.6 Å². The standard InChI is InChI=1S/C15H16FN3O3/c16-12-4-1-10(2-5-12)7-13-18-22-15(21)19(13)9-11-3-6-14(20)17-8-11/h1-2,4-5,11H,3,6-9H2,(H,17,20). The van der Waals surface area contributed by atoms with Crippen LogP contribution in [0.5, 0.6) is 0 Å². The van der Waals surface area contributed by atoms with Gasteiger partial charge in [0.05, 0.1) is 0 Å². The van der Waals surface area contributed by atoms with Crippen molar-refractivity contribution in [3.05, 3.63) is 52.0 Å². The topological polar surface area (TPSA) is 77.1 Å². The van der Waals surface area contributed by atoms with Crippen LogP contribution in [0.15, 0.2) is 33.6 Å². The van der Waals surface area contributed by atoms with Crippen LogP contribution >= 0.6 is 0 Å². The molecule has 1 N–H and O–H groups in total. The molecule has 1 amide bonds. The summed E-state index contributed by atoms with van der Waals surface area (Å²) >= 11 is 0. The van der Waals surface area contributed by atoms with E-state index in [1.54, 1.807) is 12.1 Å². The van der Waals surface area contributed by atoms with E-state index in [0.717, 1.165) is 12.0 Å². The van der Waals surface area contributed by atoms with Gasteiger partial charge in [0.25, 0.3) is 0 Å². The average molecular weight is 305 g/mol. The molecule has 116 valence electrons. The molecular weight excluding hydrogens is 289 g/mol. The number of nitrogens with zero attached hydrogens (tertiary/aromatic N) is 2. The smallest absolute Gasteiger partial charge is 0.356 e. The van der Waals surface area contributed by atoms with E-state index in [1.807, 2.05) is 0 Å². The Bertz CT molecular complexity index is 710. The fraction of sp³-hybridized carbons (Fsp3) is 0.400. The van der Waals surface area contributed by atoms with Crippen molar-refractivity contribution in [1.82, 2.24) is 15.0 Å². The zero-order chi connectivity index (χ0) is 15.5. The highest BCUT2D eigenvalue weighted by atomic mass is 19.1. The first-order valence-electron chi connectivity index (χ1n) is 7.18. The van der Waals surface area contributed by atoms with Crippen LogP contribution in [0, 0.1) is 11.7 Å². The van der Waals surface area contributed by atoms with Gasteiger partial charge in [-0.2, -0.15) is 0 Å². The minimum absolute atomic E-state index is 0.0421. The lowest BCUT2D eigenvalue weighted by molar-refractivity contribution is -0.123. The molecule has 0 radical (unpaired) electrons. The molecule has 7 heteroatoms. The molecule has 0 saturated carbocycles. The van der Waals surface area contributed by atoms with Gasteiger partial charge < -0.3 is 5.32 Å². The Morgan fingerprint density at radius 3 is 2.77 bits per heavy atom. The molecule has 22 heavy (non-hydrogen) atoms. The molecule has 1 aliphatic rings. The van der Waals surface area contributed by atoms with Crippen molar-refractivity contribution in [2.24, 2.45) is 5.92 Å². The van der Waals surface area contributed by atoms with E-state index in [0.29, 0.717) is 31.8 Å². The molecule has 0 bridgehead atoms. The van der Waals surface area contributed by atoms with Crippen molar-refractivity contribution in [2.75, 3.05) is 6.54 Å². The summed E-state index contributed by atoms with van der Waals surface area (Å²) in [6.07, 6.45) is 1.60. The van der Waals surface area contributed by atoms with Gasteiger partial charge in [-0.15, -0.1) is 0 Å². The van der Waals surface area contributed by atoms with E-state index < -0.39 is 5.76 Å². The van der Waals surface area contributed by atoms with Gasteiger partial charge in [0.1, 0.15) is 5.82 Å². The fourth-order valence-electron chi connectivity index (χ4n) is 2.59. The van der Waals surface area contributed by atoms with Crippen LogP contribution in [0.4, 0.5) is 4.39 Å². The second-order valence-corrected chi connectivity index (χ2v) is 5.49. The minimum atomic E-state index is -0.506. The van der Waals surface area contributed by atoms with Crippen LogP contribution < -0.4 is 11.1 Å². The molecule has 1 unspecified atom stereocenters. The number of amides is 1. The summed E-state index contributed by atoms with van der Waals surface area (Å²) in [6, 6.07) is 6.04. The maximum Gasteiger partial charge on any atom is 0.441 e. The minimum Gasteiger partial charge on any atom is -0.356 e. The van der Waals surface area contributed by atoms with Crippen molar-refractivity contribution < 1.29 is 13.7 Å². The Kier molecular flexibility index (Phi) is 4.04. The zero-order valence-electron chi connectivity index (χ0n) is 11.9. The second kappa shape index (κ2) is 6.13. The van der Waals surface area contributed by atoms with Crippen molar-refractivity contribution >= 4 is 5.91 Å². The normalized spacial score (nSPS) is 18.2. The number of aromatic nitrogens is 2. The molecule has 6 nitrogen and oxygen atoms in total. The predicted molar refractivity (Wildman–Crippen MR) is 75.7 cm³/mol. The first kappa shape index (κ1) is 14.5. The number of nitrogens with one attached hydrogen (secondary N) is 1. The monoisotopic (exact) mass is 305 g/mol. The summed E-state index contributed by atoms with van der Waals surface area (Å²) in [5.74, 6) is -0.0796. The first-order chi connectivity index (χ1) is 10.6. The molecule has 2 aromatic rings. The van der Waals surface area contributed by atoms with Gasteiger partial charge in [0.15, 0.2) is 5.82 Å². The summed E-state index contributed by atoms with van der Waals surface area (Å²) < 4.78 is 19.2. The van der Waals surface area contributed by atoms with E-state index in [9.17, 15) is 14.0 Å². The van der Waals surface area contributed by atoms with Gasteiger partial charge in [0, 0.05) is 25.9 Å². The molecule has 1 saturated heterocycles. The van der Waals surface area contributed by atoms with E-state index in [2.05, 4.69) is 10.5 Å². The molecule has 1 aliphatic heterocycles. The second-order valence-electron chi connectivity index (χ2n) is 5.49. The lowest BCUT2D eigenvalue weighted by Gasteiger charge is -2.22. The van der Waals surface area contributed by atoms with Crippen LogP contribution in [0.1, 0.15) is 24.2 Å². The molecule has 0 aliphatic carbocycles. The Morgan fingerprint density at radius 1 is 1.32 bits per heavy atom. The number of carbonyl (C=O) groups is 1. The number of piperidine rings is 1. The van der Waals surface area contributed by atoms with Gasteiger partial charge in [-0.25, -0.2) is 9.18 Å². The Labute approximate surface area is 125 Å². The fourth-order valence-corrected chi connectivity index (χ4v) is 2.59. The molecule has 1 aromatic heterocycles. The van der Waals surface area contributed by atoms with Crippen LogP contribution in [0.3, 0.4) is 0 Å². The van der Waals surface area contributed by atoms with Crippen LogP contribution in [-0.2, 0) is 17.8 Å². The van der Waals surface area contributed by atoms with Gasteiger partial charge in [0.2, 0.25) is 5.91 Å². The summed E-state index contributed by atoms with van der Waals surface area (Å²) in [7, 11) is 0. The highest BCUT2D eigenvalue weighted by molar-refractivity contribution is 5.76. The maximum absolute atomic E-state index is 12.9. The largest absolute Gasteiger partial charge is 0.441 e. The zero-order valence-corrected chi connectivity index (χ0v) is 11.9. The lowest BCUT2D eigenvalue weighted by Crippen LogP contribution is -2.38. The number of carbonyl (C=O) groups excluding carboxylic acids is 1. The summed E-state index contributed by atoms with van der Waals surface area (Å²) in [6.45, 7) is 1.01. The first-order valence-corrected chi connectivity index (χ1v) is 7.18. The summed E-state index contributed by atoms with van der Waals surface area (Å²) in [5.41, 5.74) is 0.848. The Hall–Kier alpha value is -2.44. The van der Waals surface area contributed by atoms with E-state index >= 15 is 0 Å². The Balaban J connectivity index is 1.74. The number of hydrogen-bond acceptors (Lipinski definition) is 4. The molecule has 1 atom stereocenters. The van der Waals surface area contributed by atoms with Gasteiger partial charge in [-0.3, -0.25) is 13.9 Å². The number of rotatable bonds is 4. The Morgan fingerprint density at radius 2 is 2.09 bits per heavy atom. The highest BCUT2D eigenvalue weighted by Gasteiger charge is 2.21. The van der Waals surface area contributed by atoms with Crippen molar-refractivity contribution in [3.8, 4) is 0 Å². The van der Waals surface area contributed by atoms with Gasteiger partial charge in [-0.1, -0.05) is 17.3 Å². The molecular formula is C15H16FN3O3. The third-order valence-electron chi connectivity index (χ3n) is 3.84. The van der Waals surface area contributed by atoms with Crippen LogP contribution in [0.2, 0.25) is 0 Å². The maximum atomic E-state index is 12.9. The molecule has 3 rings (SSSR count). The highest BCUT2D eigenvalue weighted by Crippen LogP contribution is 2.14. The molecule has 1 aromatic carbocycles. The third kappa shape index (κ3) is 3.24. The van der Waals surface area contributed by atoms with Crippen molar-refractivity contribution in [2.45, 2.75) is 25.8 Å². The quantitative estimate of drug-likeness (QED) is 0.917. The number of hydrogen-bond donors (Lipinski definition) is 1. The molecule has 2 heterocycles. The lowest BCUT2D eigenvalue weighted by atomic mass is 9.99. The van der Waals surface area contributed by atoms with Crippen molar-refractivity contribution in [3.63, 3.8) is 0 Å². The van der Waals surface area contributed by atoms with Crippen LogP contribution in [0.25, 0.3) is 0 Å². The van der Waals surface area contributed by atoms with E-state index in [1.165, 1.54) is 16.7 Å². The van der Waals surface area contributed by atoms with Gasteiger partial charge in [-0.05, 0) is 30.0 Å². The average Bonchev–Trinajstić information content (AvgIpc) is 2.85. The SMILES string of the molecule is O=C1CCC(Cn2c(Cc3ccc(F)cc3)noc2=O)CN1.